The summed E-state index contributed by atoms with van der Waals surface area (Å²) in [5.74, 6) is -0.764. The van der Waals surface area contributed by atoms with E-state index < -0.39 is 17.7 Å². The third kappa shape index (κ3) is 3.42. The van der Waals surface area contributed by atoms with Crippen LogP contribution in [-0.4, -0.2) is 39.6 Å². The van der Waals surface area contributed by atoms with Crippen LogP contribution in [0.4, 0.5) is 11.5 Å². The molecule has 1 aromatic carbocycles. The number of carbonyl (C=O) groups excluding carboxylic acids is 2. The van der Waals surface area contributed by atoms with Gasteiger partial charge in [0.15, 0.2) is 11.6 Å². The number of amidine groups is 1. The Hall–Kier alpha value is -4.05. The summed E-state index contributed by atoms with van der Waals surface area (Å²) in [4.78, 5) is 33.7. The van der Waals surface area contributed by atoms with Crippen molar-refractivity contribution in [3.63, 3.8) is 0 Å². The maximum Gasteiger partial charge on any atom is 0.292 e. The third-order valence-corrected chi connectivity index (χ3v) is 4.85. The number of amides is 2. The molecule has 5 rings (SSSR count). The van der Waals surface area contributed by atoms with Crippen LogP contribution in [0.25, 0.3) is 0 Å². The highest BCUT2D eigenvalue weighted by Gasteiger charge is 2.37. The zero-order valence-corrected chi connectivity index (χ0v) is 16.8. The summed E-state index contributed by atoms with van der Waals surface area (Å²) in [5, 5.41) is 13.5. The molecule has 10 nitrogen and oxygen atoms in total. The second kappa shape index (κ2) is 7.33. The molecule has 2 aromatic heterocycles. The summed E-state index contributed by atoms with van der Waals surface area (Å²) >= 11 is 5.97. The molecule has 0 saturated heterocycles. The zero-order chi connectivity index (χ0) is 21.5. The van der Waals surface area contributed by atoms with Gasteiger partial charge in [0, 0.05) is 17.3 Å². The van der Waals surface area contributed by atoms with Crippen LogP contribution >= 0.6 is 11.6 Å². The smallest absolute Gasteiger partial charge is 0.292 e. The lowest BCUT2D eigenvalue weighted by atomic mass is 10.1. The minimum Gasteiger partial charge on any atom is -0.459 e. The van der Waals surface area contributed by atoms with Crippen LogP contribution < -0.4 is 10.3 Å². The summed E-state index contributed by atoms with van der Waals surface area (Å²) < 4.78 is 6.42. The average molecular weight is 436 g/mol. The lowest BCUT2D eigenvalue weighted by Crippen LogP contribution is -2.36. The Balaban J connectivity index is 1.50. The SMILES string of the molecule is Cc1cc(NC(=O)c2ccco2)n(C2=NC(=O)C3C=NN(c4ccc(Cl)cc4)C3=N2)n1. The van der Waals surface area contributed by atoms with Crippen molar-refractivity contribution in [2.24, 2.45) is 21.0 Å². The van der Waals surface area contributed by atoms with Gasteiger partial charge in [0.1, 0.15) is 11.7 Å². The van der Waals surface area contributed by atoms with E-state index in [1.54, 1.807) is 48.3 Å². The number of benzene rings is 1. The molecule has 11 heteroatoms. The molecule has 0 spiro atoms. The van der Waals surface area contributed by atoms with Crippen molar-refractivity contribution in [2.75, 3.05) is 10.3 Å². The number of carbonyl (C=O) groups is 2. The number of aromatic nitrogens is 2. The molecule has 2 aliphatic heterocycles. The van der Waals surface area contributed by atoms with Gasteiger partial charge in [-0.3, -0.25) is 9.59 Å². The monoisotopic (exact) mass is 435 g/mol. The van der Waals surface area contributed by atoms with Crippen LogP contribution in [0.2, 0.25) is 5.02 Å². The van der Waals surface area contributed by atoms with E-state index in [0.29, 0.717) is 28.1 Å². The Kier molecular flexibility index (Phi) is 4.48. The van der Waals surface area contributed by atoms with Crippen molar-refractivity contribution in [3.8, 4) is 0 Å². The van der Waals surface area contributed by atoms with Crippen LogP contribution in [0.1, 0.15) is 16.2 Å². The number of nitrogens with zero attached hydrogens (tertiary/aromatic N) is 6. The van der Waals surface area contributed by atoms with Gasteiger partial charge in [-0.05, 0) is 43.3 Å². The highest BCUT2D eigenvalue weighted by atomic mass is 35.5. The van der Waals surface area contributed by atoms with E-state index in [-0.39, 0.29) is 11.7 Å². The first-order valence-electron chi connectivity index (χ1n) is 9.22. The summed E-state index contributed by atoms with van der Waals surface area (Å²) in [6.45, 7) is 1.75. The molecule has 1 N–H and O–H groups in total. The average Bonchev–Trinajstić information content (AvgIpc) is 3.48. The van der Waals surface area contributed by atoms with Gasteiger partial charge in [-0.1, -0.05) is 11.6 Å². The van der Waals surface area contributed by atoms with Crippen molar-refractivity contribution in [3.05, 3.63) is 65.2 Å². The van der Waals surface area contributed by atoms with Gasteiger partial charge >= 0.3 is 0 Å². The maximum absolute atomic E-state index is 12.7. The second-order valence-corrected chi connectivity index (χ2v) is 7.20. The molecule has 0 aliphatic carbocycles. The van der Waals surface area contributed by atoms with Gasteiger partial charge in [0.25, 0.3) is 17.8 Å². The minimum absolute atomic E-state index is 0.0172. The molecule has 31 heavy (non-hydrogen) atoms. The number of rotatable bonds is 3. The molecule has 0 fully saturated rings. The van der Waals surface area contributed by atoms with Gasteiger partial charge in [0.2, 0.25) is 0 Å². The summed E-state index contributed by atoms with van der Waals surface area (Å²) in [5.41, 5.74) is 1.29. The molecule has 154 valence electrons. The van der Waals surface area contributed by atoms with Gasteiger partial charge < -0.3 is 9.73 Å². The molecule has 2 aliphatic rings. The molecule has 1 unspecified atom stereocenters. The third-order valence-electron chi connectivity index (χ3n) is 4.60. The van der Waals surface area contributed by atoms with Crippen molar-refractivity contribution < 1.29 is 14.0 Å². The molecule has 3 aromatic rings. The first-order chi connectivity index (χ1) is 15.0. The molecule has 0 radical (unpaired) electrons. The quantitative estimate of drug-likeness (QED) is 0.678. The fourth-order valence-electron chi connectivity index (χ4n) is 3.18. The number of aryl methyl sites for hydroxylation is 1. The number of anilines is 2. The van der Waals surface area contributed by atoms with Crippen LogP contribution in [-0.2, 0) is 4.79 Å². The fraction of sp³-hybridized carbons (Fsp3) is 0.100. The number of fused-ring (bicyclic) bond motifs is 1. The number of hydrogen-bond donors (Lipinski definition) is 1. The van der Waals surface area contributed by atoms with E-state index in [2.05, 4.69) is 25.5 Å². The Morgan fingerprint density at radius 1 is 1.19 bits per heavy atom. The lowest BCUT2D eigenvalue weighted by molar-refractivity contribution is -0.118. The maximum atomic E-state index is 12.7. The lowest BCUT2D eigenvalue weighted by Gasteiger charge is -2.20. The van der Waals surface area contributed by atoms with Crippen LogP contribution in [0.3, 0.4) is 0 Å². The molecule has 0 saturated carbocycles. The largest absolute Gasteiger partial charge is 0.459 e. The first kappa shape index (κ1) is 18.9. The van der Waals surface area contributed by atoms with E-state index in [0.717, 1.165) is 0 Å². The van der Waals surface area contributed by atoms with Gasteiger partial charge in [-0.25, -0.2) is 5.01 Å². The Labute approximate surface area is 180 Å². The fourth-order valence-corrected chi connectivity index (χ4v) is 3.31. The van der Waals surface area contributed by atoms with E-state index in [9.17, 15) is 9.59 Å². The number of halogens is 1. The van der Waals surface area contributed by atoms with E-state index in [4.69, 9.17) is 16.0 Å². The molecule has 2 amide bonds. The van der Waals surface area contributed by atoms with Crippen LogP contribution in [0.15, 0.2) is 68.2 Å². The number of nitrogens with one attached hydrogen (secondary N) is 1. The van der Waals surface area contributed by atoms with E-state index in [1.165, 1.54) is 23.2 Å². The summed E-state index contributed by atoms with van der Waals surface area (Å²) in [7, 11) is 0. The predicted molar refractivity (Wildman–Crippen MR) is 115 cm³/mol. The second-order valence-electron chi connectivity index (χ2n) is 6.76. The molecule has 1 atom stereocenters. The number of furan rings is 1. The summed E-state index contributed by atoms with van der Waals surface area (Å²) in [6, 6.07) is 11.8. The molecular weight excluding hydrogens is 422 g/mol. The topological polar surface area (TPSA) is 117 Å². The highest BCUT2D eigenvalue weighted by Crippen LogP contribution is 2.27. The van der Waals surface area contributed by atoms with E-state index in [1.807, 2.05) is 0 Å². The normalized spacial score (nSPS) is 17.4. The highest BCUT2D eigenvalue weighted by molar-refractivity contribution is 6.31. The summed E-state index contributed by atoms with van der Waals surface area (Å²) in [6.07, 6.45) is 2.89. The Bertz CT molecular complexity index is 1270. The molecule has 0 bridgehead atoms. The number of hydrogen-bond acceptors (Lipinski definition) is 7. The van der Waals surface area contributed by atoms with Crippen LogP contribution in [0, 0.1) is 12.8 Å². The number of hydrazone groups is 1. The van der Waals surface area contributed by atoms with Gasteiger partial charge in [-0.2, -0.15) is 24.9 Å². The molecular formula is C20H14ClN7O3. The molecule has 4 heterocycles. The van der Waals surface area contributed by atoms with Crippen molar-refractivity contribution in [1.29, 1.82) is 0 Å². The Morgan fingerprint density at radius 3 is 2.74 bits per heavy atom. The van der Waals surface area contributed by atoms with E-state index >= 15 is 0 Å². The zero-order valence-electron chi connectivity index (χ0n) is 16.1. The standard InChI is InChI=1S/C20H14ClN7O3/c1-11-9-16(23-19(30)15-3-2-8-31-15)28(26-11)20-24-17-14(18(29)25-20)10-22-27(17)13-6-4-12(21)5-7-13/h2-10,14H,1H3,(H,23,30). The van der Waals surface area contributed by atoms with Crippen molar-refractivity contribution in [1.82, 2.24) is 9.78 Å². The first-order valence-corrected chi connectivity index (χ1v) is 9.60. The van der Waals surface area contributed by atoms with Crippen molar-refractivity contribution in [2.45, 2.75) is 6.92 Å². The predicted octanol–water partition coefficient (Wildman–Crippen LogP) is 2.96. The minimum atomic E-state index is -0.697. The van der Waals surface area contributed by atoms with Gasteiger partial charge in [0.05, 0.1) is 17.6 Å². The number of aliphatic imine (C=N–C) groups is 2. The van der Waals surface area contributed by atoms with Crippen LogP contribution in [0.5, 0.6) is 0 Å². The Morgan fingerprint density at radius 2 is 2.00 bits per heavy atom. The van der Waals surface area contributed by atoms with Gasteiger partial charge in [-0.15, -0.1) is 0 Å². The van der Waals surface area contributed by atoms with Crippen molar-refractivity contribution >= 4 is 52.9 Å².